The van der Waals surface area contributed by atoms with E-state index in [9.17, 15) is 5.11 Å². The van der Waals surface area contributed by atoms with Crippen LogP contribution >= 0.6 is 11.3 Å². The Kier molecular flexibility index (Phi) is 3.99. The van der Waals surface area contributed by atoms with Gasteiger partial charge in [0.1, 0.15) is 0 Å². The molecule has 1 heterocycles. The molecule has 0 fully saturated rings. The average molecular weight is 262 g/mol. The van der Waals surface area contributed by atoms with Gasteiger partial charge in [-0.15, -0.1) is 11.3 Å². The lowest BCUT2D eigenvalue weighted by molar-refractivity contribution is 0.282. The lowest BCUT2D eigenvalue weighted by Gasteiger charge is -2.16. The Labute approximate surface area is 112 Å². The number of nitrogens with one attached hydrogen (secondary N) is 1. The third kappa shape index (κ3) is 2.71. The van der Waals surface area contributed by atoms with Crippen LogP contribution in [0.2, 0.25) is 0 Å². The third-order valence-corrected chi connectivity index (χ3v) is 4.15. The van der Waals surface area contributed by atoms with Crippen molar-refractivity contribution in [1.82, 2.24) is 4.98 Å². The van der Waals surface area contributed by atoms with Crippen molar-refractivity contribution in [1.29, 1.82) is 0 Å². The highest BCUT2D eigenvalue weighted by Gasteiger charge is 2.13. The fourth-order valence-electron chi connectivity index (χ4n) is 2.05. The molecule has 0 spiro atoms. The van der Waals surface area contributed by atoms with E-state index in [1.165, 1.54) is 4.88 Å². The van der Waals surface area contributed by atoms with E-state index in [0.717, 1.165) is 22.0 Å². The van der Waals surface area contributed by atoms with E-state index < -0.39 is 0 Å². The minimum absolute atomic E-state index is 0.0522. The van der Waals surface area contributed by atoms with Crippen molar-refractivity contribution in [3.63, 3.8) is 0 Å². The molecule has 3 nitrogen and oxygen atoms in total. The molecule has 0 saturated carbocycles. The molecule has 0 aliphatic heterocycles. The van der Waals surface area contributed by atoms with Gasteiger partial charge >= 0.3 is 0 Å². The van der Waals surface area contributed by atoms with Gasteiger partial charge < -0.3 is 10.4 Å². The standard InChI is InChI=1S/C14H18N2OS/c1-9-14(18-11(3)15-9)10(2)16-13-7-5-4-6-12(13)8-17/h4-7,10,16-17H,8H2,1-3H3. The summed E-state index contributed by atoms with van der Waals surface area (Å²) in [6.07, 6.45) is 0. The molecule has 18 heavy (non-hydrogen) atoms. The Bertz CT molecular complexity index is 536. The number of aromatic nitrogens is 1. The van der Waals surface area contributed by atoms with Gasteiger partial charge in [0.15, 0.2) is 0 Å². The number of anilines is 1. The van der Waals surface area contributed by atoms with E-state index in [1.54, 1.807) is 11.3 Å². The lowest BCUT2D eigenvalue weighted by Crippen LogP contribution is -2.08. The van der Waals surface area contributed by atoms with Crippen molar-refractivity contribution in [3.05, 3.63) is 45.4 Å². The minimum atomic E-state index is 0.0522. The number of thiazole rings is 1. The molecule has 1 aromatic heterocycles. The van der Waals surface area contributed by atoms with Crippen molar-refractivity contribution in [2.24, 2.45) is 0 Å². The molecule has 0 aliphatic carbocycles. The van der Waals surface area contributed by atoms with Crippen molar-refractivity contribution in [2.45, 2.75) is 33.4 Å². The van der Waals surface area contributed by atoms with Crippen molar-refractivity contribution in [2.75, 3.05) is 5.32 Å². The largest absolute Gasteiger partial charge is 0.392 e. The maximum Gasteiger partial charge on any atom is 0.0900 e. The van der Waals surface area contributed by atoms with Gasteiger partial charge in [-0.05, 0) is 26.8 Å². The Morgan fingerprint density at radius 1 is 1.33 bits per heavy atom. The van der Waals surface area contributed by atoms with Gasteiger partial charge in [-0.2, -0.15) is 0 Å². The summed E-state index contributed by atoms with van der Waals surface area (Å²) in [4.78, 5) is 5.70. The molecule has 0 radical (unpaired) electrons. The summed E-state index contributed by atoms with van der Waals surface area (Å²) >= 11 is 1.72. The first-order valence-electron chi connectivity index (χ1n) is 6.01. The molecular formula is C14H18N2OS. The molecule has 96 valence electrons. The first-order valence-corrected chi connectivity index (χ1v) is 6.82. The topological polar surface area (TPSA) is 45.2 Å². The number of aliphatic hydroxyl groups is 1. The van der Waals surface area contributed by atoms with Gasteiger partial charge in [0.25, 0.3) is 0 Å². The van der Waals surface area contributed by atoms with E-state index in [1.807, 2.05) is 38.1 Å². The zero-order valence-electron chi connectivity index (χ0n) is 10.9. The normalized spacial score (nSPS) is 12.4. The quantitative estimate of drug-likeness (QED) is 0.887. The Morgan fingerprint density at radius 3 is 2.67 bits per heavy atom. The second-order valence-electron chi connectivity index (χ2n) is 4.36. The van der Waals surface area contributed by atoms with E-state index >= 15 is 0 Å². The van der Waals surface area contributed by atoms with Crippen LogP contribution < -0.4 is 5.32 Å². The van der Waals surface area contributed by atoms with Gasteiger partial charge in [-0.3, -0.25) is 0 Å². The summed E-state index contributed by atoms with van der Waals surface area (Å²) in [7, 11) is 0. The Hall–Kier alpha value is -1.39. The molecule has 2 aromatic rings. The number of nitrogens with zero attached hydrogens (tertiary/aromatic N) is 1. The number of rotatable bonds is 4. The van der Waals surface area contributed by atoms with Gasteiger partial charge in [-0.1, -0.05) is 18.2 Å². The van der Waals surface area contributed by atoms with Crippen LogP contribution in [0.25, 0.3) is 0 Å². The maximum absolute atomic E-state index is 9.31. The van der Waals surface area contributed by atoms with Gasteiger partial charge in [0.2, 0.25) is 0 Å². The predicted octanol–water partition coefficient (Wildman–Crippen LogP) is 3.43. The van der Waals surface area contributed by atoms with Crippen LogP contribution in [0.4, 0.5) is 5.69 Å². The predicted molar refractivity (Wildman–Crippen MR) is 76.0 cm³/mol. The van der Waals surface area contributed by atoms with Crippen LogP contribution in [0.3, 0.4) is 0 Å². The van der Waals surface area contributed by atoms with Crippen LogP contribution in [-0.2, 0) is 6.61 Å². The highest BCUT2D eigenvalue weighted by molar-refractivity contribution is 7.11. The van der Waals surface area contributed by atoms with Crippen LogP contribution in [-0.4, -0.2) is 10.1 Å². The zero-order chi connectivity index (χ0) is 13.1. The summed E-state index contributed by atoms with van der Waals surface area (Å²) in [6.45, 7) is 6.23. The summed E-state index contributed by atoms with van der Waals surface area (Å²) in [5, 5.41) is 13.8. The molecule has 2 rings (SSSR count). The maximum atomic E-state index is 9.31. The first kappa shape index (κ1) is 13.1. The monoisotopic (exact) mass is 262 g/mol. The van der Waals surface area contributed by atoms with Gasteiger partial charge in [0, 0.05) is 16.1 Å². The van der Waals surface area contributed by atoms with Gasteiger partial charge in [-0.25, -0.2) is 4.98 Å². The number of para-hydroxylation sites is 1. The van der Waals surface area contributed by atoms with E-state index in [0.29, 0.717) is 0 Å². The number of hydrogen-bond acceptors (Lipinski definition) is 4. The highest BCUT2D eigenvalue weighted by atomic mass is 32.1. The number of benzene rings is 1. The molecule has 0 saturated heterocycles. The Morgan fingerprint density at radius 2 is 2.06 bits per heavy atom. The van der Waals surface area contributed by atoms with E-state index in [4.69, 9.17) is 0 Å². The second kappa shape index (κ2) is 5.50. The molecule has 1 unspecified atom stereocenters. The van der Waals surface area contributed by atoms with Crippen molar-refractivity contribution in [3.8, 4) is 0 Å². The lowest BCUT2D eigenvalue weighted by atomic mass is 10.1. The van der Waals surface area contributed by atoms with Crippen molar-refractivity contribution >= 4 is 17.0 Å². The number of aryl methyl sites for hydroxylation is 2. The van der Waals surface area contributed by atoms with E-state index in [2.05, 4.69) is 17.2 Å². The second-order valence-corrected chi connectivity index (χ2v) is 5.60. The molecule has 4 heteroatoms. The summed E-state index contributed by atoms with van der Waals surface area (Å²) in [5.41, 5.74) is 2.99. The molecular weight excluding hydrogens is 244 g/mol. The average Bonchev–Trinajstić information content (AvgIpc) is 2.69. The summed E-state index contributed by atoms with van der Waals surface area (Å²) in [6, 6.07) is 8.03. The zero-order valence-corrected chi connectivity index (χ0v) is 11.7. The number of aliphatic hydroxyl groups excluding tert-OH is 1. The van der Waals surface area contributed by atoms with Crippen LogP contribution in [0, 0.1) is 13.8 Å². The SMILES string of the molecule is Cc1nc(C)c(C(C)Nc2ccccc2CO)s1. The molecule has 0 aliphatic rings. The molecule has 2 N–H and O–H groups in total. The van der Waals surface area contributed by atoms with Crippen LogP contribution in [0.1, 0.15) is 34.1 Å². The fourth-order valence-corrected chi connectivity index (χ4v) is 2.98. The minimum Gasteiger partial charge on any atom is -0.392 e. The van der Waals surface area contributed by atoms with Gasteiger partial charge in [0.05, 0.1) is 23.4 Å². The van der Waals surface area contributed by atoms with Crippen LogP contribution in [0.5, 0.6) is 0 Å². The smallest absolute Gasteiger partial charge is 0.0900 e. The molecule has 1 aromatic carbocycles. The first-order chi connectivity index (χ1) is 8.61. The molecule has 0 bridgehead atoms. The third-order valence-electron chi connectivity index (χ3n) is 2.89. The van der Waals surface area contributed by atoms with Crippen LogP contribution in [0.15, 0.2) is 24.3 Å². The fraction of sp³-hybridized carbons (Fsp3) is 0.357. The Balaban J connectivity index is 2.21. The van der Waals surface area contributed by atoms with E-state index in [-0.39, 0.29) is 12.6 Å². The number of hydrogen-bond donors (Lipinski definition) is 2. The summed E-state index contributed by atoms with van der Waals surface area (Å²) in [5.74, 6) is 0. The molecule has 1 atom stereocenters. The highest BCUT2D eigenvalue weighted by Crippen LogP contribution is 2.28. The summed E-state index contributed by atoms with van der Waals surface area (Å²) < 4.78 is 0. The molecule has 0 amide bonds. The van der Waals surface area contributed by atoms with Crippen molar-refractivity contribution < 1.29 is 5.11 Å².